The second kappa shape index (κ2) is 7.15. The number of hydrogen-bond donors (Lipinski definition) is 2. The van der Waals surface area contributed by atoms with Gasteiger partial charge in [-0.15, -0.1) is 0 Å². The minimum Gasteiger partial charge on any atom is -0.484 e. The molecule has 2 N–H and O–H groups in total. The van der Waals surface area contributed by atoms with E-state index in [-0.39, 0.29) is 18.6 Å². The van der Waals surface area contributed by atoms with Crippen LogP contribution in [0.15, 0.2) is 36.4 Å². The van der Waals surface area contributed by atoms with Gasteiger partial charge in [0.15, 0.2) is 6.61 Å². The highest BCUT2D eigenvalue weighted by molar-refractivity contribution is 6.30. The molecule has 1 heterocycles. The molecule has 0 bridgehead atoms. The average Bonchev–Trinajstić information content (AvgIpc) is 2.97. The molecule has 3 rings (SSSR count). The highest BCUT2D eigenvalue weighted by Crippen LogP contribution is 2.22. The maximum atomic E-state index is 12.1. The van der Waals surface area contributed by atoms with Gasteiger partial charge in [-0.05, 0) is 62.2 Å². The second-order valence-electron chi connectivity index (χ2n) is 6.13. The lowest BCUT2D eigenvalue weighted by atomic mass is 10.2. The summed E-state index contributed by atoms with van der Waals surface area (Å²) in [6, 6.07) is 11.1. The van der Waals surface area contributed by atoms with E-state index in [2.05, 4.69) is 15.3 Å². The number of amides is 1. The van der Waals surface area contributed by atoms with E-state index >= 15 is 0 Å². The summed E-state index contributed by atoms with van der Waals surface area (Å²) in [4.78, 5) is 19.9. The zero-order chi connectivity index (χ0) is 18.0. The number of nitrogens with zero attached hydrogens (tertiary/aromatic N) is 1. The standard InChI is InChI=1S/C19H20ClN3O2/c1-11-4-6-15-16(8-11)23-19(22-15)13(3)21-18(24)10-25-17-7-5-14(20)9-12(17)2/h4-9,13H,10H2,1-3H3,(H,21,24)(H,22,23). The van der Waals surface area contributed by atoms with E-state index < -0.39 is 0 Å². The van der Waals surface area contributed by atoms with Crippen molar-refractivity contribution in [1.82, 2.24) is 15.3 Å². The van der Waals surface area contributed by atoms with Gasteiger partial charge in [-0.25, -0.2) is 4.98 Å². The topological polar surface area (TPSA) is 67.0 Å². The van der Waals surface area contributed by atoms with Gasteiger partial charge in [-0.1, -0.05) is 17.7 Å². The van der Waals surface area contributed by atoms with Crippen molar-refractivity contribution >= 4 is 28.5 Å². The van der Waals surface area contributed by atoms with E-state index in [1.807, 2.05) is 39.0 Å². The molecule has 0 aliphatic heterocycles. The van der Waals surface area contributed by atoms with Gasteiger partial charge in [-0.3, -0.25) is 4.79 Å². The maximum Gasteiger partial charge on any atom is 0.258 e. The molecule has 0 spiro atoms. The largest absolute Gasteiger partial charge is 0.484 e. The van der Waals surface area contributed by atoms with Crippen molar-refractivity contribution in [3.8, 4) is 5.75 Å². The van der Waals surface area contributed by atoms with Crippen LogP contribution in [0.25, 0.3) is 11.0 Å². The van der Waals surface area contributed by atoms with Crippen LogP contribution in [0.4, 0.5) is 0 Å². The fourth-order valence-corrected chi connectivity index (χ4v) is 2.84. The number of fused-ring (bicyclic) bond motifs is 1. The molecule has 0 saturated carbocycles. The Morgan fingerprint density at radius 3 is 2.84 bits per heavy atom. The van der Waals surface area contributed by atoms with Gasteiger partial charge in [0.2, 0.25) is 0 Å². The maximum absolute atomic E-state index is 12.1. The van der Waals surface area contributed by atoms with E-state index in [9.17, 15) is 4.79 Å². The summed E-state index contributed by atoms with van der Waals surface area (Å²) < 4.78 is 5.56. The number of carbonyl (C=O) groups excluding carboxylic acids is 1. The molecule has 25 heavy (non-hydrogen) atoms. The quantitative estimate of drug-likeness (QED) is 0.722. The number of hydrogen-bond acceptors (Lipinski definition) is 3. The number of carbonyl (C=O) groups is 1. The molecule has 0 saturated heterocycles. The number of imidazole rings is 1. The van der Waals surface area contributed by atoms with Gasteiger partial charge >= 0.3 is 0 Å². The number of aromatic nitrogens is 2. The average molecular weight is 358 g/mol. The van der Waals surface area contributed by atoms with Gasteiger partial charge in [0.05, 0.1) is 17.1 Å². The Bertz CT molecular complexity index is 920. The minimum atomic E-state index is -0.241. The van der Waals surface area contributed by atoms with E-state index in [0.29, 0.717) is 10.8 Å². The molecule has 1 atom stereocenters. The number of benzene rings is 2. The van der Waals surface area contributed by atoms with Crippen LogP contribution in [0.2, 0.25) is 5.02 Å². The number of ether oxygens (including phenoxy) is 1. The van der Waals surface area contributed by atoms with E-state index in [1.54, 1.807) is 18.2 Å². The predicted molar refractivity (Wildman–Crippen MR) is 99.1 cm³/mol. The molecule has 1 aromatic heterocycles. The number of nitrogens with one attached hydrogen (secondary N) is 2. The first-order valence-corrected chi connectivity index (χ1v) is 8.45. The van der Waals surface area contributed by atoms with Crippen LogP contribution < -0.4 is 10.1 Å². The number of rotatable bonds is 5. The van der Waals surface area contributed by atoms with Crippen molar-refractivity contribution in [1.29, 1.82) is 0 Å². The Kier molecular flexibility index (Phi) is 4.95. The smallest absolute Gasteiger partial charge is 0.258 e. The number of aromatic amines is 1. The van der Waals surface area contributed by atoms with E-state index in [0.717, 1.165) is 28.0 Å². The van der Waals surface area contributed by atoms with Crippen LogP contribution in [0.3, 0.4) is 0 Å². The third kappa shape index (κ3) is 4.12. The Hall–Kier alpha value is -2.53. The Labute approximate surface area is 151 Å². The van der Waals surface area contributed by atoms with Crippen LogP contribution in [0.1, 0.15) is 29.9 Å². The molecule has 0 aliphatic carbocycles. The second-order valence-corrected chi connectivity index (χ2v) is 6.57. The molecular weight excluding hydrogens is 338 g/mol. The summed E-state index contributed by atoms with van der Waals surface area (Å²) in [5, 5.41) is 3.53. The molecule has 1 unspecified atom stereocenters. The summed E-state index contributed by atoms with van der Waals surface area (Å²) in [6.07, 6.45) is 0. The normalized spacial score (nSPS) is 12.2. The highest BCUT2D eigenvalue weighted by Gasteiger charge is 2.14. The fraction of sp³-hybridized carbons (Fsp3) is 0.263. The Morgan fingerprint density at radius 2 is 2.08 bits per heavy atom. The number of halogens is 1. The van der Waals surface area contributed by atoms with E-state index in [1.165, 1.54) is 0 Å². The SMILES string of the molecule is Cc1ccc2nc(C(C)NC(=O)COc3ccc(Cl)cc3C)[nH]c2c1. The van der Waals surface area contributed by atoms with Gasteiger partial charge < -0.3 is 15.0 Å². The first-order chi connectivity index (χ1) is 11.9. The molecule has 1 amide bonds. The number of aryl methyl sites for hydroxylation is 2. The van der Waals surface area contributed by atoms with Crippen molar-refractivity contribution in [3.63, 3.8) is 0 Å². The van der Waals surface area contributed by atoms with Gasteiger partial charge in [0.1, 0.15) is 11.6 Å². The van der Waals surface area contributed by atoms with Crippen molar-refractivity contribution in [2.45, 2.75) is 26.8 Å². The molecule has 0 aliphatic rings. The molecule has 6 heteroatoms. The molecule has 3 aromatic rings. The van der Waals surface area contributed by atoms with Crippen molar-refractivity contribution in [2.24, 2.45) is 0 Å². The summed E-state index contributed by atoms with van der Waals surface area (Å²) in [6.45, 7) is 5.74. The zero-order valence-electron chi connectivity index (χ0n) is 14.4. The zero-order valence-corrected chi connectivity index (χ0v) is 15.1. The lowest BCUT2D eigenvalue weighted by molar-refractivity contribution is -0.123. The lowest BCUT2D eigenvalue weighted by Gasteiger charge is -2.13. The van der Waals surface area contributed by atoms with Crippen LogP contribution in [0.5, 0.6) is 5.75 Å². The Morgan fingerprint density at radius 1 is 1.28 bits per heavy atom. The van der Waals surface area contributed by atoms with Crippen molar-refractivity contribution in [3.05, 3.63) is 58.4 Å². The van der Waals surface area contributed by atoms with Crippen molar-refractivity contribution < 1.29 is 9.53 Å². The van der Waals surface area contributed by atoms with Crippen LogP contribution in [-0.4, -0.2) is 22.5 Å². The van der Waals surface area contributed by atoms with Gasteiger partial charge in [0.25, 0.3) is 5.91 Å². The molecule has 2 aromatic carbocycles. The highest BCUT2D eigenvalue weighted by atomic mass is 35.5. The van der Waals surface area contributed by atoms with Gasteiger partial charge in [0, 0.05) is 5.02 Å². The van der Waals surface area contributed by atoms with E-state index in [4.69, 9.17) is 16.3 Å². The monoisotopic (exact) mass is 357 g/mol. The third-order valence-electron chi connectivity index (χ3n) is 3.94. The molecule has 130 valence electrons. The lowest BCUT2D eigenvalue weighted by Crippen LogP contribution is -2.31. The van der Waals surface area contributed by atoms with Crippen molar-refractivity contribution in [2.75, 3.05) is 6.61 Å². The molecule has 0 radical (unpaired) electrons. The summed E-state index contributed by atoms with van der Waals surface area (Å²) >= 11 is 5.91. The minimum absolute atomic E-state index is 0.0633. The fourth-order valence-electron chi connectivity index (χ4n) is 2.62. The summed E-state index contributed by atoms with van der Waals surface area (Å²) in [5.74, 6) is 1.15. The van der Waals surface area contributed by atoms with Gasteiger partial charge in [-0.2, -0.15) is 0 Å². The molecule has 0 fully saturated rings. The summed E-state index contributed by atoms with van der Waals surface area (Å²) in [5.41, 5.74) is 3.89. The Balaban J connectivity index is 1.61. The van der Waals surface area contributed by atoms with Crippen LogP contribution in [0, 0.1) is 13.8 Å². The van der Waals surface area contributed by atoms with Crippen LogP contribution in [-0.2, 0) is 4.79 Å². The molecule has 5 nitrogen and oxygen atoms in total. The molecular formula is C19H20ClN3O2. The first kappa shape index (κ1) is 17.3. The summed E-state index contributed by atoms with van der Waals surface area (Å²) in [7, 11) is 0. The third-order valence-corrected chi connectivity index (χ3v) is 4.17. The first-order valence-electron chi connectivity index (χ1n) is 8.07. The predicted octanol–water partition coefficient (Wildman–Crippen LogP) is 4.09. The number of H-pyrrole nitrogens is 1. The van der Waals surface area contributed by atoms with Crippen LogP contribution >= 0.6 is 11.6 Å².